The minimum atomic E-state index is -0.714. The van der Waals surface area contributed by atoms with E-state index in [1.165, 1.54) is 18.3 Å². The number of carbonyl (C=O) groups excluding carboxylic acids is 1. The number of hydrogen-bond donors (Lipinski definition) is 1. The Balaban J connectivity index is 1.51. The Labute approximate surface area is 198 Å². The number of benzene rings is 2. The van der Waals surface area contributed by atoms with Crippen LogP contribution in [0.3, 0.4) is 0 Å². The summed E-state index contributed by atoms with van der Waals surface area (Å²) in [5.74, 6) is -2.12. The van der Waals surface area contributed by atoms with E-state index in [9.17, 15) is 18.0 Å². The first kappa shape index (κ1) is 22.4. The van der Waals surface area contributed by atoms with E-state index in [4.69, 9.17) is 4.74 Å². The Morgan fingerprint density at radius 2 is 1.74 bits per heavy atom. The number of carbonyl (C=O) groups is 1. The van der Waals surface area contributed by atoms with E-state index in [2.05, 4.69) is 15.3 Å². The van der Waals surface area contributed by atoms with Crippen LogP contribution in [-0.2, 0) is 6.61 Å². The van der Waals surface area contributed by atoms with E-state index in [-0.39, 0.29) is 29.1 Å². The van der Waals surface area contributed by atoms with E-state index in [0.717, 1.165) is 17.7 Å². The van der Waals surface area contributed by atoms with Gasteiger partial charge in [0.25, 0.3) is 5.91 Å². The number of fused-ring (bicyclic) bond motifs is 2. The number of rotatable bonds is 5. The first-order valence-electron chi connectivity index (χ1n) is 10.7. The summed E-state index contributed by atoms with van der Waals surface area (Å²) in [4.78, 5) is 21.8. The van der Waals surface area contributed by atoms with E-state index in [1.807, 2.05) is 0 Å². The maximum Gasteiger partial charge on any atom is 0.274 e. The molecule has 0 aliphatic carbocycles. The largest absolute Gasteiger partial charge is 0.485 e. The lowest BCUT2D eigenvalue weighted by Gasteiger charge is -2.12. The second kappa shape index (κ2) is 8.75. The number of nitrogens with zero attached hydrogens (tertiary/aromatic N) is 3. The molecule has 0 spiro atoms. The van der Waals surface area contributed by atoms with Gasteiger partial charge in [0, 0.05) is 17.8 Å². The summed E-state index contributed by atoms with van der Waals surface area (Å²) in [7, 11) is 0. The van der Waals surface area contributed by atoms with Crippen LogP contribution in [0.1, 0.15) is 27.3 Å². The van der Waals surface area contributed by atoms with Gasteiger partial charge in [-0.05, 0) is 49.7 Å². The van der Waals surface area contributed by atoms with E-state index in [1.54, 1.807) is 48.7 Å². The fraction of sp³-hybridized carbons (Fsp3) is 0.115. The molecule has 0 fully saturated rings. The van der Waals surface area contributed by atoms with Crippen molar-refractivity contribution in [3.8, 4) is 5.75 Å². The molecule has 0 saturated carbocycles. The second-order valence-electron chi connectivity index (χ2n) is 8.06. The molecule has 5 rings (SSSR count). The zero-order chi connectivity index (χ0) is 24.7. The van der Waals surface area contributed by atoms with Gasteiger partial charge in [-0.2, -0.15) is 0 Å². The number of amides is 1. The van der Waals surface area contributed by atoms with Crippen molar-refractivity contribution in [1.29, 1.82) is 0 Å². The van der Waals surface area contributed by atoms with Crippen molar-refractivity contribution >= 4 is 28.1 Å². The second-order valence-corrected chi connectivity index (χ2v) is 8.06. The molecule has 0 atom stereocenters. The molecule has 6 nitrogen and oxygen atoms in total. The highest BCUT2D eigenvalue weighted by atomic mass is 19.1. The molecule has 3 aromatic heterocycles. The standard InChI is InChI=1S/C26H19F3N4O2/c1-14-11-22(35-13-17-18(27)6-4-7-19(17)28)25-31-15(2)24(33(25)12-14)26(34)32-21-9-10-30-23-16(21)5-3-8-20(23)29/h3-12H,13H2,1-2H3,(H,30,32,34). The predicted octanol–water partition coefficient (Wildman–Crippen LogP) is 5.75. The topological polar surface area (TPSA) is 68.5 Å². The highest BCUT2D eigenvalue weighted by Gasteiger charge is 2.21. The molecule has 1 amide bonds. The molecule has 0 saturated heterocycles. The minimum Gasteiger partial charge on any atom is -0.485 e. The van der Waals surface area contributed by atoms with Gasteiger partial charge in [-0.15, -0.1) is 0 Å². The number of halogens is 3. The van der Waals surface area contributed by atoms with E-state index in [0.29, 0.717) is 22.4 Å². The fourth-order valence-electron chi connectivity index (χ4n) is 3.99. The SMILES string of the molecule is Cc1cc(OCc2c(F)cccc2F)c2nc(C)c(C(=O)Nc3ccnc4c(F)cccc34)n2c1. The van der Waals surface area contributed by atoms with Gasteiger partial charge in [0.15, 0.2) is 11.4 Å². The van der Waals surface area contributed by atoms with Crippen LogP contribution in [-0.4, -0.2) is 20.3 Å². The van der Waals surface area contributed by atoms with Crippen molar-refractivity contribution in [2.75, 3.05) is 5.32 Å². The molecule has 176 valence electrons. The molecule has 0 radical (unpaired) electrons. The van der Waals surface area contributed by atoms with Crippen LogP contribution in [0.15, 0.2) is 60.9 Å². The smallest absolute Gasteiger partial charge is 0.274 e. The summed E-state index contributed by atoms with van der Waals surface area (Å²) < 4.78 is 49.5. The van der Waals surface area contributed by atoms with Gasteiger partial charge in [0.05, 0.1) is 16.9 Å². The summed E-state index contributed by atoms with van der Waals surface area (Å²) in [5.41, 5.74) is 2.06. The van der Waals surface area contributed by atoms with Crippen LogP contribution in [0.2, 0.25) is 0 Å². The average Bonchev–Trinajstić information content (AvgIpc) is 3.15. The Bertz CT molecular complexity index is 1590. The normalized spacial score (nSPS) is 11.2. The Kier molecular flexibility index (Phi) is 5.60. The number of aryl methyl sites for hydroxylation is 2. The fourth-order valence-corrected chi connectivity index (χ4v) is 3.99. The summed E-state index contributed by atoms with van der Waals surface area (Å²) in [5, 5.41) is 3.27. The molecule has 5 aromatic rings. The molecule has 35 heavy (non-hydrogen) atoms. The monoisotopic (exact) mass is 476 g/mol. The lowest BCUT2D eigenvalue weighted by Crippen LogP contribution is -2.16. The third kappa shape index (κ3) is 4.05. The van der Waals surface area contributed by atoms with Gasteiger partial charge in [-0.3, -0.25) is 14.2 Å². The van der Waals surface area contributed by atoms with Gasteiger partial charge in [0.1, 0.15) is 35.3 Å². The number of ether oxygens (including phenoxy) is 1. The summed E-state index contributed by atoms with van der Waals surface area (Å²) in [6, 6.07) is 11.4. The predicted molar refractivity (Wildman–Crippen MR) is 125 cm³/mol. The van der Waals surface area contributed by atoms with Crippen LogP contribution in [0.4, 0.5) is 18.9 Å². The van der Waals surface area contributed by atoms with Gasteiger partial charge in [-0.25, -0.2) is 18.2 Å². The maximum atomic E-state index is 14.1. The Morgan fingerprint density at radius 1 is 1.03 bits per heavy atom. The van der Waals surface area contributed by atoms with Crippen LogP contribution in [0.5, 0.6) is 5.75 Å². The number of para-hydroxylation sites is 1. The van der Waals surface area contributed by atoms with Crippen LogP contribution >= 0.6 is 0 Å². The molecule has 1 N–H and O–H groups in total. The van der Waals surface area contributed by atoms with Crippen molar-refractivity contribution in [2.24, 2.45) is 0 Å². The van der Waals surface area contributed by atoms with Gasteiger partial charge in [-0.1, -0.05) is 18.2 Å². The zero-order valence-electron chi connectivity index (χ0n) is 18.8. The summed E-state index contributed by atoms with van der Waals surface area (Å²) >= 11 is 0. The van der Waals surface area contributed by atoms with E-state index >= 15 is 0 Å². The lowest BCUT2D eigenvalue weighted by atomic mass is 10.1. The quantitative estimate of drug-likeness (QED) is 0.351. The number of nitrogens with one attached hydrogen (secondary N) is 1. The maximum absolute atomic E-state index is 14.1. The van der Waals surface area contributed by atoms with Gasteiger partial charge < -0.3 is 10.1 Å². The van der Waals surface area contributed by atoms with Gasteiger partial charge >= 0.3 is 0 Å². The average molecular weight is 476 g/mol. The van der Waals surface area contributed by atoms with Crippen LogP contribution < -0.4 is 10.1 Å². The van der Waals surface area contributed by atoms with Gasteiger partial charge in [0.2, 0.25) is 0 Å². The number of anilines is 1. The highest BCUT2D eigenvalue weighted by Crippen LogP contribution is 2.28. The number of imidazole rings is 1. The molecule has 0 aliphatic heterocycles. The molecular weight excluding hydrogens is 457 g/mol. The van der Waals surface area contributed by atoms with Crippen molar-refractivity contribution in [2.45, 2.75) is 20.5 Å². The third-order valence-corrected chi connectivity index (χ3v) is 5.62. The molecular formula is C26H19F3N4O2. The Hall–Kier alpha value is -4.40. The van der Waals surface area contributed by atoms with Crippen molar-refractivity contribution in [1.82, 2.24) is 14.4 Å². The number of pyridine rings is 2. The van der Waals surface area contributed by atoms with Crippen molar-refractivity contribution in [3.63, 3.8) is 0 Å². The molecule has 0 bridgehead atoms. The Morgan fingerprint density at radius 3 is 2.51 bits per heavy atom. The molecule has 3 heterocycles. The first-order chi connectivity index (χ1) is 16.8. The highest BCUT2D eigenvalue weighted by molar-refractivity contribution is 6.08. The van der Waals surface area contributed by atoms with Crippen LogP contribution in [0, 0.1) is 31.3 Å². The van der Waals surface area contributed by atoms with Crippen molar-refractivity contribution < 1.29 is 22.7 Å². The van der Waals surface area contributed by atoms with Crippen molar-refractivity contribution in [3.05, 3.63) is 101 Å². The first-order valence-corrected chi connectivity index (χ1v) is 10.7. The molecule has 9 heteroatoms. The minimum absolute atomic E-state index is 0.145. The van der Waals surface area contributed by atoms with Crippen LogP contribution in [0.25, 0.3) is 16.6 Å². The zero-order valence-corrected chi connectivity index (χ0v) is 18.8. The number of aromatic nitrogens is 3. The molecule has 0 aliphatic rings. The lowest BCUT2D eigenvalue weighted by molar-refractivity contribution is 0.102. The summed E-state index contributed by atoms with van der Waals surface area (Å²) in [6.07, 6.45) is 3.13. The molecule has 0 unspecified atom stereocenters. The third-order valence-electron chi connectivity index (χ3n) is 5.62. The van der Waals surface area contributed by atoms with E-state index < -0.39 is 23.4 Å². The number of hydrogen-bond acceptors (Lipinski definition) is 4. The molecule has 2 aromatic carbocycles. The summed E-state index contributed by atoms with van der Waals surface area (Å²) in [6.45, 7) is 3.12.